The highest BCUT2D eigenvalue weighted by Gasteiger charge is 2.44. The Morgan fingerprint density at radius 1 is 1.34 bits per heavy atom. The SMILES string of the molecule is CN(C)CC(C)(C)CC1C(C#N)C(n2cc(C(N)=O)c(Nc3ccc(F)cc3)n2)CCN1C(=O)O. The topological polar surface area (TPSA) is 141 Å². The first-order valence-electron chi connectivity index (χ1n) is 11.4. The van der Waals surface area contributed by atoms with Gasteiger partial charge in [0.25, 0.3) is 5.91 Å². The van der Waals surface area contributed by atoms with Gasteiger partial charge in [-0.05, 0) is 56.6 Å². The monoisotopic (exact) mass is 485 g/mol. The van der Waals surface area contributed by atoms with Crippen LogP contribution in [0.1, 0.15) is 43.1 Å². The molecule has 1 aliphatic rings. The van der Waals surface area contributed by atoms with Crippen LogP contribution in [-0.4, -0.2) is 69.9 Å². The number of anilines is 2. The summed E-state index contributed by atoms with van der Waals surface area (Å²) in [7, 11) is 3.90. The van der Waals surface area contributed by atoms with E-state index in [0.717, 1.165) is 6.54 Å². The predicted molar refractivity (Wildman–Crippen MR) is 129 cm³/mol. The summed E-state index contributed by atoms with van der Waals surface area (Å²) in [6.45, 7) is 5.05. The maximum atomic E-state index is 13.3. The summed E-state index contributed by atoms with van der Waals surface area (Å²) in [6, 6.07) is 6.86. The summed E-state index contributed by atoms with van der Waals surface area (Å²) in [5.41, 5.74) is 5.96. The number of nitriles is 1. The van der Waals surface area contributed by atoms with Gasteiger partial charge in [0.15, 0.2) is 5.82 Å². The van der Waals surface area contributed by atoms with Crippen LogP contribution in [0.2, 0.25) is 0 Å². The summed E-state index contributed by atoms with van der Waals surface area (Å²) in [5, 5.41) is 27.5. The molecular weight excluding hydrogens is 453 g/mol. The normalized spacial score (nSPS) is 20.5. The summed E-state index contributed by atoms with van der Waals surface area (Å²) < 4.78 is 14.8. The Labute approximate surface area is 204 Å². The molecule has 1 aliphatic heterocycles. The third-order valence-corrected chi connectivity index (χ3v) is 6.24. The molecule has 188 valence electrons. The number of piperidine rings is 1. The molecule has 2 heterocycles. The van der Waals surface area contributed by atoms with Crippen LogP contribution in [-0.2, 0) is 0 Å². The molecule has 1 fully saturated rings. The van der Waals surface area contributed by atoms with Crippen molar-refractivity contribution in [3.8, 4) is 6.07 Å². The molecule has 3 atom stereocenters. The number of likely N-dealkylation sites (tertiary alicyclic amines) is 1. The molecule has 0 saturated carbocycles. The molecule has 0 radical (unpaired) electrons. The van der Waals surface area contributed by atoms with E-state index in [9.17, 15) is 24.3 Å². The quantitative estimate of drug-likeness (QED) is 0.521. The average molecular weight is 486 g/mol. The molecule has 2 aromatic rings. The van der Waals surface area contributed by atoms with Gasteiger partial charge in [-0.15, -0.1) is 0 Å². The molecule has 11 heteroatoms. The number of rotatable bonds is 8. The number of benzene rings is 1. The Morgan fingerprint density at radius 2 is 2.00 bits per heavy atom. The van der Waals surface area contributed by atoms with Gasteiger partial charge < -0.3 is 26.0 Å². The minimum absolute atomic E-state index is 0.121. The highest BCUT2D eigenvalue weighted by atomic mass is 19.1. The molecule has 3 rings (SSSR count). The summed E-state index contributed by atoms with van der Waals surface area (Å²) in [5.74, 6) is -1.62. The minimum atomic E-state index is -1.06. The third kappa shape index (κ3) is 6.08. The van der Waals surface area contributed by atoms with Gasteiger partial charge in [0.05, 0.1) is 24.1 Å². The number of halogens is 1. The maximum Gasteiger partial charge on any atom is 0.407 e. The number of nitrogens with two attached hydrogens (primary N) is 1. The number of hydrogen-bond acceptors (Lipinski definition) is 6. The van der Waals surface area contributed by atoms with Crippen LogP contribution in [0.3, 0.4) is 0 Å². The molecule has 0 spiro atoms. The zero-order valence-electron chi connectivity index (χ0n) is 20.4. The van der Waals surface area contributed by atoms with E-state index in [1.54, 1.807) is 0 Å². The van der Waals surface area contributed by atoms with E-state index < -0.39 is 35.8 Å². The molecule has 35 heavy (non-hydrogen) atoms. The van der Waals surface area contributed by atoms with Crippen molar-refractivity contribution >= 4 is 23.5 Å². The van der Waals surface area contributed by atoms with Crippen molar-refractivity contribution < 1.29 is 19.1 Å². The lowest BCUT2D eigenvalue weighted by molar-refractivity contribution is 0.0409. The third-order valence-electron chi connectivity index (χ3n) is 6.24. The molecule has 3 unspecified atom stereocenters. The molecule has 0 aliphatic carbocycles. The van der Waals surface area contributed by atoms with E-state index in [2.05, 4.69) is 30.3 Å². The van der Waals surface area contributed by atoms with Crippen LogP contribution in [0.25, 0.3) is 0 Å². The first kappa shape index (κ1) is 26.0. The minimum Gasteiger partial charge on any atom is -0.465 e. The van der Waals surface area contributed by atoms with Gasteiger partial charge in [0.1, 0.15) is 11.4 Å². The van der Waals surface area contributed by atoms with Gasteiger partial charge in [-0.2, -0.15) is 10.4 Å². The fraction of sp³-hybridized carbons (Fsp3) is 0.500. The lowest BCUT2D eigenvalue weighted by atomic mass is 9.76. The Balaban J connectivity index is 1.95. The van der Waals surface area contributed by atoms with E-state index in [1.807, 2.05) is 19.0 Å². The zero-order chi connectivity index (χ0) is 25.9. The largest absolute Gasteiger partial charge is 0.465 e. The number of carboxylic acid groups (broad SMARTS) is 1. The summed E-state index contributed by atoms with van der Waals surface area (Å²) >= 11 is 0. The van der Waals surface area contributed by atoms with E-state index in [4.69, 9.17) is 5.73 Å². The number of nitrogens with one attached hydrogen (secondary N) is 1. The standard InChI is InChI=1S/C24H32FN7O3/c1-24(2,14-30(3)4)11-20-17(12-26)19(9-10-31(20)23(34)35)32-13-18(21(27)33)22(29-32)28-16-7-5-15(25)6-8-16/h5-8,13,17,19-20H,9-11,14H2,1-4H3,(H2,27,33)(H,28,29)(H,34,35). The second kappa shape index (κ2) is 10.3. The van der Waals surface area contributed by atoms with Gasteiger partial charge in [0, 0.05) is 25.0 Å². The highest BCUT2D eigenvalue weighted by Crippen LogP contribution is 2.39. The van der Waals surface area contributed by atoms with Gasteiger partial charge in [-0.3, -0.25) is 9.48 Å². The Bertz CT molecular complexity index is 1110. The van der Waals surface area contributed by atoms with E-state index >= 15 is 0 Å². The van der Waals surface area contributed by atoms with Gasteiger partial charge in [0.2, 0.25) is 0 Å². The van der Waals surface area contributed by atoms with Crippen LogP contribution in [0.4, 0.5) is 20.7 Å². The van der Waals surface area contributed by atoms with Crippen LogP contribution >= 0.6 is 0 Å². The smallest absolute Gasteiger partial charge is 0.407 e. The lowest BCUT2D eigenvalue weighted by Crippen LogP contribution is -2.53. The second-order valence-electron chi connectivity index (χ2n) is 10.0. The van der Waals surface area contributed by atoms with Gasteiger partial charge in [-0.1, -0.05) is 13.8 Å². The fourth-order valence-electron chi connectivity index (χ4n) is 5.00. The van der Waals surface area contributed by atoms with Crippen LogP contribution in [0, 0.1) is 28.5 Å². The van der Waals surface area contributed by atoms with E-state index in [1.165, 1.54) is 40.0 Å². The fourth-order valence-corrected chi connectivity index (χ4v) is 5.00. The van der Waals surface area contributed by atoms with Crippen molar-refractivity contribution in [2.24, 2.45) is 17.1 Å². The first-order chi connectivity index (χ1) is 16.4. The van der Waals surface area contributed by atoms with E-state index in [-0.39, 0.29) is 23.3 Å². The van der Waals surface area contributed by atoms with Gasteiger partial charge in [-0.25, -0.2) is 9.18 Å². The molecule has 10 nitrogen and oxygen atoms in total. The Hall–Kier alpha value is -3.65. The van der Waals surface area contributed by atoms with Crippen LogP contribution in [0.15, 0.2) is 30.5 Å². The van der Waals surface area contributed by atoms with Crippen LogP contribution < -0.4 is 11.1 Å². The molecule has 4 N–H and O–H groups in total. The van der Waals surface area contributed by atoms with Crippen molar-refractivity contribution in [3.05, 3.63) is 41.8 Å². The number of carbonyl (C=O) groups is 2. The Kier molecular flexibility index (Phi) is 7.65. The molecule has 1 saturated heterocycles. The number of carbonyl (C=O) groups excluding carboxylic acids is 1. The summed E-state index contributed by atoms with van der Waals surface area (Å²) in [4.78, 5) is 27.5. The average Bonchev–Trinajstić information content (AvgIpc) is 3.17. The second-order valence-corrected chi connectivity index (χ2v) is 10.0. The number of aromatic nitrogens is 2. The Morgan fingerprint density at radius 3 is 2.54 bits per heavy atom. The first-order valence-corrected chi connectivity index (χ1v) is 11.4. The van der Waals surface area contributed by atoms with E-state index in [0.29, 0.717) is 18.5 Å². The zero-order valence-corrected chi connectivity index (χ0v) is 20.4. The predicted octanol–water partition coefficient (Wildman–Crippen LogP) is 3.28. The maximum absolute atomic E-state index is 13.3. The summed E-state index contributed by atoms with van der Waals surface area (Å²) in [6.07, 6.45) is 1.26. The highest BCUT2D eigenvalue weighted by molar-refractivity contribution is 5.98. The molecule has 2 amide bonds. The van der Waals surface area contributed by atoms with Crippen molar-refractivity contribution in [3.63, 3.8) is 0 Å². The van der Waals surface area contributed by atoms with Crippen molar-refractivity contribution in [2.75, 3.05) is 32.5 Å². The molecule has 1 aromatic heterocycles. The number of amides is 2. The molecular formula is C24H32FN7O3. The number of nitrogens with zero attached hydrogens (tertiary/aromatic N) is 5. The lowest BCUT2D eigenvalue weighted by Gasteiger charge is -2.44. The van der Waals surface area contributed by atoms with Crippen LogP contribution in [0.5, 0.6) is 0 Å². The number of primary amides is 1. The van der Waals surface area contributed by atoms with Crippen molar-refractivity contribution in [1.29, 1.82) is 5.26 Å². The molecule has 0 bridgehead atoms. The number of hydrogen-bond donors (Lipinski definition) is 3. The van der Waals surface area contributed by atoms with Gasteiger partial charge >= 0.3 is 6.09 Å². The van der Waals surface area contributed by atoms with Crippen molar-refractivity contribution in [1.82, 2.24) is 19.6 Å². The van der Waals surface area contributed by atoms with Crippen molar-refractivity contribution in [2.45, 2.75) is 38.8 Å². The molecule has 1 aromatic carbocycles.